The summed E-state index contributed by atoms with van der Waals surface area (Å²) in [5.41, 5.74) is 0. The maximum absolute atomic E-state index is 10.3. The Labute approximate surface area is 153 Å². The molecular formula is C12H8Cl2MgO4S2. The van der Waals surface area contributed by atoms with Gasteiger partial charge in [-0.2, -0.15) is 0 Å². The summed E-state index contributed by atoms with van der Waals surface area (Å²) < 4.78 is 41.3. The van der Waals surface area contributed by atoms with Crippen molar-refractivity contribution < 1.29 is 17.5 Å². The van der Waals surface area contributed by atoms with Crippen LogP contribution in [0, 0.1) is 0 Å². The van der Waals surface area contributed by atoms with Crippen LogP contribution in [0.5, 0.6) is 0 Å². The molecule has 0 spiro atoms. The fourth-order valence-electron chi connectivity index (χ4n) is 1.16. The molecule has 2 atom stereocenters. The maximum atomic E-state index is 10.3. The zero-order valence-electron chi connectivity index (χ0n) is 10.5. The Morgan fingerprint density at radius 1 is 0.714 bits per heavy atom. The number of halogens is 2. The molecule has 2 rings (SSSR count). The number of hydrogen-bond acceptors (Lipinski definition) is 4. The Hall–Kier alpha value is 0.00623. The predicted molar refractivity (Wildman–Crippen MR) is 83.0 cm³/mol. The molecule has 0 saturated heterocycles. The fraction of sp³-hybridized carbons (Fsp3) is 0. The van der Waals surface area contributed by atoms with Gasteiger partial charge in [-0.1, -0.05) is 47.5 Å². The zero-order valence-corrected chi connectivity index (χ0v) is 15.1. The Bertz CT molecular complexity index is 585. The van der Waals surface area contributed by atoms with E-state index in [-0.39, 0.29) is 42.9 Å². The van der Waals surface area contributed by atoms with Crippen molar-refractivity contribution in [3.63, 3.8) is 0 Å². The van der Waals surface area contributed by atoms with Crippen molar-refractivity contribution in [1.82, 2.24) is 0 Å². The average Bonchev–Trinajstić information content (AvgIpc) is 2.40. The van der Waals surface area contributed by atoms with Gasteiger partial charge in [0, 0.05) is 9.79 Å². The molecule has 0 bridgehead atoms. The molecule has 2 unspecified atom stereocenters. The first kappa shape index (κ1) is 21.0. The molecule has 0 aliphatic rings. The first-order valence-electron chi connectivity index (χ1n) is 5.11. The summed E-state index contributed by atoms with van der Waals surface area (Å²) in [6.45, 7) is 0. The molecular weight excluding hydrogens is 367 g/mol. The molecule has 0 saturated carbocycles. The van der Waals surface area contributed by atoms with Crippen LogP contribution in [0.15, 0.2) is 58.3 Å². The third-order valence-electron chi connectivity index (χ3n) is 2.03. The first-order valence-corrected chi connectivity index (χ1v) is 8.01. The van der Waals surface area contributed by atoms with Gasteiger partial charge in [-0.05, 0) is 46.4 Å². The SMILES string of the molecule is O=S([O-])c1ccccc1Cl.O=S([O-])c1ccccc1Cl.[Mg+2]. The Morgan fingerprint density at radius 2 is 1.00 bits per heavy atom. The van der Waals surface area contributed by atoms with Gasteiger partial charge in [-0.25, -0.2) is 0 Å². The minimum Gasteiger partial charge on any atom is -0.768 e. The number of hydrogen-bond donors (Lipinski definition) is 0. The molecule has 0 radical (unpaired) electrons. The number of rotatable bonds is 2. The van der Waals surface area contributed by atoms with E-state index in [4.69, 9.17) is 23.2 Å². The first-order chi connectivity index (χ1) is 9.43. The van der Waals surface area contributed by atoms with E-state index in [0.717, 1.165) is 0 Å². The van der Waals surface area contributed by atoms with Crippen molar-refractivity contribution in [2.24, 2.45) is 0 Å². The third-order valence-corrected chi connectivity index (χ3v) is 4.35. The van der Waals surface area contributed by atoms with Gasteiger partial charge in [0.15, 0.2) is 0 Å². The molecule has 2 aromatic rings. The van der Waals surface area contributed by atoms with E-state index in [1.807, 2.05) is 0 Å². The molecule has 2 aromatic carbocycles. The Kier molecular flexibility index (Phi) is 10.7. The smallest absolute Gasteiger partial charge is 0.768 e. The van der Waals surface area contributed by atoms with Crippen molar-refractivity contribution in [2.75, 3.05) is 0 Å². The molecule has 0 amide bonds. The standard InChI is InChI=1S/2C6H5ClO2S.Mg/c2*7-5-3-1-2-4-6(5)10(8)9;/h2*1-4H,(H,8,9);/q;;+2/p-2. The van der Waals surface area contributed by atoms with E-state index < -0.39 is 22.2 Å². The second-order valence-corrected chi connectivity index (χ2v) is 5.96. The monoisotopic (exact) mass is 374 g/mol. The Balaban J connectivity index is 0.000000364. The molecule has 21 heavy (non-hydrogen) atoms. The van der Waals surface area contributed by atoms with Crippen LogP contribution < -0.4 is 0 Å². The van der Waals surface area contributed by atoms with E-state index in [1.54, 1.807) is 24.3 Å². The summed E-state index contributed by atoms with van der Waals surface area (Å²) in [6.07, 6.45) is 0. The van der Waals surface area contributed by atoms with Crippen LogP contribution in [0.1, 0.15) is 0 Å². The second kappa shape index (κ2) is 10.7. The van der Waals surface area contributed by atoms with Gasteiger partial charge < -0.3 is 9.11 Å². The molecule has 0 aromatic heterocycles. The van der Waals surface area contributed by atoms with Crippen LogP contribution in [0.25, 0.3) is 0 Å². The summed E-state index contributed by atoms with van der Waals surface area (Å²) >= 11 is 6.61. The van der Waals surface area contributed by atoms with Gasteiger partial charge in [0.1, 0.15) is 0 Å². The van der Waals surface area contributed by atoms with Crippen LogP contribution in [0.4, 0.5) is 0 Å². The molecule has 0 fully saturated rings. The maximum Gasteiger partial charge on any atom is 2.00 e. The normalized spacial score (nSPS) is 12.4. The predicted octanol–water partition coefficient (Wildman–Crippen LogP) is 2.78. The molecule has 0 aliphatic carbocycles. The molecule has 0 aliphatic heterocycles. The molecule has 0 heterocycles. The van der Waals surface area contributed by atoms with Crippen LogP contribution in [0.3, 0.4) is 0 Å². The quantitative estimate of drug-likeness (QED) is 0.597. The minimum absolute atomic E-state index is 0. The molecule has 108 valence electrons. The summed E-state index contributed by atoms with van der Waals surface area (Å²) in [6, 6.07) is 12.6. The van der Waals surface area contributed by atoms with E-state index in [1.165, 1.54) is 24.3 Å². The van der Waals surface area contributed by atoms with Gasteiger partial charge in [-0.3, -0.25) is 8.42 Å². The molecule has 9 heteroatoms. The van der Waals surface area contributed by atoms with Crippen LogP contribution in [-0.2, 0) is 22.2 Å². The average molecular weight is 376 g/mol. The molecule has 0 N–H and O–H groups in total. The minimum atomic E-state index is -2.22. The van der Waals surface area contributed by atoms with E-state index >= 15 is 0 Å². The van der Waals surface area contributed by atoms with Gasteiger partial charge in [-0.15, -0.1) is 0 Å². The van der Waals surface area contributed by atoms with Crippen LogP contribution >= 0.6 is 23.2 Å². The van der Waals surface area contributed by atoms with Crippen molar-refractivity contribution in [3.8, 4) is 0 Å². The van der Waals surface area contributed by atoms with Crippen LogP contribution in [-0.4, -0.2) is 40.6 Å². The van der Waals surface area contributed by atoms with Crippen molar-refractivity contribution in [2.45, 2.75) is 9.79 Å². The van der Waals surface area contributed by atoms with E-state index in [9.17, 15) is 17.5 Å². The van der Waals surface area contributed by atoms with Crippen LogP contribution in [0.2, 0.25) is 10.0 Å². The fourth-order valence-corrected chi connectivity index (χ4v) is 2.64. The summed E-state index contributed by atoms with van der Waals surface area (Å²) in [4.78, 5) is 0.285. The van der Waals surface area contributed by atoms with Gasteiger partial charge in [0.05, 0.1) is 10.0 Å². The summed E-state index contributed by atoms with van der Waals surface area (Å²) in [7, 11) is 0. The second-order valence-electron chi connectivity index (χ2n) is 3.33. The van der Waals surface area contributed by atoms with Crippen molar-refractivity contribution >= 4 is 68.4 Å². The van der Waals surface area contributed by atoms with Gasteiger partial charge in [0.2, 0.25) is 0 Å². The van der Waals surface area contributed by atoms with Gasteiger partial charge in [0.25, 0.3) is 0 Å². The third kappa shape index (κ3) is 7.20. The largest absolute Gasteiger partial charge is 2.00 e. The van der Waals surface area contributed by atoms with Gasteiger partial charge >= 0.3 is 23.1 Å². The Morgan fingerprint density at radius 3 is 1.19 bits per heavy atom. The zero-order chi connectivity index (χ0) is 15.1. The summed E-state index contributed by atoms with van der Waals surface area (Å²) in [5.74, 6) is 0. The molecule has 4 nitrogen and oxygen atoms in total. The topological polar surface area (TPSA) is 80.3 Å². The van der Waals surface area contributed by atoms with Crippen molar-refractivity contribution in [1.29, 1.82) is 0 Å². The van der Waals surface area contributed by atoms with E-state index in [0.29, 0.717) is 0 Å². The van der Waals surface area contributed by atoms with E-state index in [2.05, 4.69) is 0 Å². The number of benzene rings is 2. The summed E-state index contributed by atoms with van der Waals surface area (Å²) in [5, 5.41) is 0.520. The van der Waals surface area contributed by atoms with Crippen molar-refractivity contribution in [3.05, 3.63) is 58.6 Å².